The van der Waals surface area contributed by atoms with Gasteiger partial charge in [-0.25, -0.2) is 0 Å². The molecule has 0 fully saturated rings. The van der Waals surface area contributed by atoms with E-state index in [9.17, 15) is 9.67 Å². The van der Waals surface area contributed by atoms with Crippen molar-refractivity contribution in [3.63, 3.8) is 0 Å². The highest BCUT2D eigenvalue weighted by molar-refractivity contribution is 7.52. The third-order valence-electron chi connectivity index (χ3n) is 2.62. The SMILES string of the molecule is CCCCC(CCCC)C(O)P(=O)(O)O. The Morgan fingerprint density at radius 3 is 1.73 bits per heavy atom. The standard InChI is InChI=1S/C10H23O4P/c1-3-5-7-9(8-6-4-2)10(11)15(12,13)14/h9-11H,3-8H2,1-2H3,(H2,12,13,14). The second-order valence-corrected chi connectivity index (χ2v) is 5.75. The summed E-state index contributed by atoms with van der Waals surface area (Å²) in [5.41, 5.74) is 0. The third-order valence-corrected chi connectivity index (χ3v) is 3.73. The van der Waals surface area contributed by atoms with Crippen LogP contribution in [0.5, 0.6) is 0 Å². The van der Waals surface area contributed by atoms with Crippen molar-refractivity contribution in [2.45, 2.75) is 58.2 Å². The summed E-state index contributed by atoms with van der Waals surface area (Å²) in [7, 11) is -4.34. The average Bonchev–Trinajstić information content (AvgIpc) is 2.16. The first kappa shape index (κ1) is 15.1. The molecule has 0 rings (SSSR count). The molecule has 0 heterocycles. The number of aliphatic hydroxyl groups excluding tert-OH is 1. The van der Waals surface area contributed by atoms with E-state index in [1.807, 2.05) is 13.8 Å². The fourth-order valence-corrected chi connectivity index (χ4v) is 2.50. The summed E-state index contributed by atoms with van der Waals surface area (Å²) >= 11 is 0. The predicted molar refractivity (Wildman–Crippen MR) is 60.6 cm³/mol. The topological polar surface area (TPSA) is 77.8 Å². The summed E-state index contributed by atoms with van der Waals surface area (Å²) in [5, 5.41) is 9.54. The fourth-order valence-electron chi connectivity index (χ4n) is 1.65. The lowest BCUT2D eigenvalue weighted by atomic mass is 9.97. The number of unbranched alkanes of at least 4 members (excludes halogenated alkanes) is 2. The van der Waals surface area contributed by atoms with Gasteiger partial charge in [-0.2, -0.15) is 0 Å². The molecule has 92 valence electrons. The summed E-state index contributed by atoms with van der Waals surface area (Å²) in [6, 6.07) is 0. The van der Waals surface area contributed by atoms with Gasteiger partial charge in [0.2, 0.25) is 0 Å². The van der Waals surface area contributed by atoms with Crippen LogP contribution in [-0.2, 0) is 4.57 Å². The molecule has 0 aromatic rings. The molecule has 0 aromatic heterocycles. The molecule has 4 nitrogen and oxygen atoms in total. The van der Waals surface area contributed by atoms with E-state index in [-0.39, 0.29) is 5.92 Å². The minimum atomic E-state index is -4.34. The van der Waals surface area contributed by atoms with E-state index < -0.39 is 13.4 Å². The van der Waals surface area contributed by atoms with Gasteiger partial charge >= 0.3 is 7.60 Å². The maximum absolute atomic E-state index is 10.9. The first-order chi connectivity index (χ1) is 6.93. The number of hydrogen-bond acceptors (Lipinski definition) is 2. The summed E-state index contributed by atoms with van der Waals surface area (Å²) in [6.45, 7) is 4.06. The highest BCUT2D eigenvalue weighted by atomic mass is 31.2. The van der Waals surface area contributed by atoms with E-state index in [4.69, 9.17) is 9.79 Å². The molecular formula is C10H23O4P. The van der Waals surface area contributed by atoms with E-state index in [0.29, 0.717) is 12.8 Å². The molecule has 0 bridgehead atoms. The largest absolute Gasteiger partial charge is 0.380 e. The van der Waals surface area contributed by atoms with Crippen LogP contribution < -0.4 is 0 Å². The molecule has 1 atom stereocenters. The van der Waals surface area contributed by atoms with Gasteiger partial charge < -0.3 is 14.9 Å². The van der Waals surface area contributed by atoms with Crippen LogP contribution in [-0.4, -0.2) is 20.7 Å². The molecule has 3 N–H and O–H groups in total. The van der Waals surface area contributed by atoms with Gasteiger partial charge in [0.1, 0.15) is 0 Å². The molecule has 0 radical (unpaired) electrons. The number of rotatable bonds is 8. The zero-order valence-electron chi connectivity index (χ0n) is 9.59. The molecule has 0 spiro atoms. The van der Waals surface area contributed by atoms with Crippen LogP contribution >= 0.6 is 7.60 Å². The quantitative estimate of drug-likeness (QED) is 0.568. The Morgan fingerprint density at radius 1 is 1.07 bits per heavy atom. The van der Waals surface area contributed by atoms with Gasteiger partial charge in [0.05, 0.1) is 0 Å². The van der Waals surface area contributed by atoms with Gasteiger partial charge in [0.25, 0.3) is 0 Å². The molecule has 0 aliphatic heterocycles. The van der Waals surface area contributed by atoms with Crippen molar-refractivity contribution in [1.29, 1.82) is 0 Å². The Bertz CT molecular complexity index is 194. The maximum atomic E-state index is 10.9. The van der Waals surface area contributed by atoms with Crippen molar-refractivity contribution in [2.75, 3.05) is 0 Å². The van der Waals surface area contributed by atoms with Crippen molar-refractivity contribution in [2.24, 2.45) is 5.92 Å². The molecular weight excluding hydrogens is 215 g/mol. The van der Waals surface area contributed by atoms with Crippen molar-refractivity contribution >= 4 is 7.60 Å². The summed E-state index contributed by atoms with van der Waals surface area (Å²) < 4.78 is 10.9. The lowest BCUT2D eigenvalue weighted by Crippen LogP contribution is -2.20. The molecule has 1 unspecified atom stereocenters. The molecule has 0 amide bonds. The van der Waals surface area contributed by atoms with Crippen LogP contribution in [0.4, 0.5) is 0 Å². The molecule has 0 aliphatic carbocycles. The first-order valence-corrected chi connectivity index (χ1v) is 7.34. The predicted octanol–water partition coefficient (Wildman–Crippen LogP) is 2.48. The zero-order valence-corrected chi connectivity index (χ0v) is 10.5. The van der Waals surface area contributed by atoms with Crippen molar-refractivity contribution < 1.29 is 19.5 Å². The zero-order chi connectivity index (χ0) is 11.9. The monoisotopic (exact) mass is 238 g/mol. The van der Waals surface area contributed by atoms with E-state index >= 15 is 0 Å². The third kappa shape index (κ3) is 6.31. The molecule has 0 aromatic carbocycles. The van der Waals surface area contributed by atoms with E-state index in [1.165, 1.54) is 0 Å². The van der Waals surface area contributed by atoms with Crippen LogP contribution in [0.15, 0.2) is 0 Å². The molecule has 0 aliphatic rings. The number of aliphatic hydroxyl groups is 1. The lowest BCUT2D eigenvalue weighted by Gasteiger charge is -2.23. The van der Waals surface area contributed by atoms with Crippen LogP contribution in [0, 0.1) is 5.92 Å². The van der Waals surface area contributed by atoms with Crippen molar-refractivity contribution in [3.05, 3.63) is 0 Å². The summed E-state index contributed by atoms with van der Waals surface area (Å²) in [5.74, 6) is -1.73. The Balaban J connectivity index is 4.26. The summed E-state index contributed by atoms with van der Waals surface area (Å²) in [6.07, 6.45) is 5.18. The second-order valence-electron chi connectivity index (χ2n) is 4.05. The van der Waals surface area contributed by atoms with Crippen LogP contribution in [0.1, 0.15) is 52.4 Å². The Hall–Kier alpha value is 0.110. The Labute approximate surface area is 91.9 Å². The van der Waals surface area contributed by atoms with Crippen LogP contribution in [0.2, 0.25) is 0 Å². The van der Waals surface area contributed by atoms with Gasteiger partial charge in [-0.3, -0.25) is 4.57 Å². The molecule has 5 heteroatoms. The van der Waals surface area contributed by atoms with Crippen molar-refractivity contribution in [3.8, 4) is 0 Å². The van der Waals surface area contributed by atoms with E-state index in [0.717, 1.165) is 25.7 Å². The smallest absolute Gasteiger partial charge is 0.354 e. The minimum absolute atomic E-state index is 0.259. The van der Waals surface area contributed by atoms with Crippen LogP contribution in [0.3, 0.4) is 0 Å². The van der Waals surface area contributed by atoms with Gasteiger partial charge in [0.15, 0.2) is 5.85 Å². The van der Waals surface area contributed by atoms with Gasteiger partial charge in [-0.1, -0.05) is 39.5 Å². The molecule has 15 heavy (non-hydrogen) atoms. The molecule has 0 saturated carbocycles. The Kier molecular flexibility index (Phi) is 7.45. The highest BCUT2D eigenvalue weighted by Gasteiger charge is 2.33. The second kappa shape index (κ2) is 7.39. The maximum Gasteiger partial charge on any atom is 0.354 e. The summed E-state index contributed by atoms with van der Waals surface area (Å²) in [4.78, 5) is 17.8. The minimum Gasteiger partial charge on any atom is -0.380 e. The van der Waals surface area contributed by atoms with Crippen LogP contribution in [0.25, 0.3) is 0 Å². The highest BCUT2D eigenvalue weighted by Crippen LogP contribution is 2.45. The van der Waals surface area contributed by atoms with Gasteiger partial charge in [-0.15, -0.1) is 0 Å². The average molecular weight is 238 g/mol. The molecule has 0 saturated heterocycles. The lowest BCUT2D eigenvalue weighted by molar-refractivity contribution is 0.131. The van der Waals surface area contributed by atoms with E-state index in [1.54, 1.807) is 0 Å². The Morgan fingerprint density at radius 2 is 1.47 bits per heavy atom. The first-order valence-electron chi connectivity index (χ1n) is 5.66. The van der Waals surface area contributed by atoms with Gasteiger partial charge in [-0.05, 0) is 18.8 Å². The van der Waals surface area contributed by atoms with Gasteiger partial charge in [0, 0.05) is 0 Å². The van der Waals surface area contributed by atoms with E-state index in [2.05, 4.69) is 0 Å². The number of hydrogen-bond donors (Lipinski definition) is 3. The van der Waals surface area contributed by atoms with Crippen molar-refractivity contribution in [1.82, 2.24) is 0 Å². The fraction of sp³-hybridized carbons (Fsp3) is 1.00. The normalized spacial score (nSPS) is 14.5.